The highest BCUT2D eigenvalue weighted by molar-refractivity contribution is 5.73. The number of rotatable bonds is 12. The fourth-order valence-electron chi connectivity index (χ4n) is 2.95. The highest BCUT2D eigenvalue weighted by Crippen LogP contribution is 2.23. The van der Waals surface area contributed by atoms with Crippen molar-refractivity contribution in [3.63, 3.8) is 0 Å². The molecule has 2 aromatic carbocycles. The Morgan fingerprint density at radius 2 is 1.66 bits per heavy atom. The SMILES string of the molecule is COc1cc(CC(=O)O[C@H](C)C[C@H](CC=O)OCc2ccccc2)cc(OC)c1. The lowest BCUT2D eigenvalue weighted by Gasteiger charge is -2.20. The van der Waals surface area contributed by atoms with Gasteiger partial charge in [-0.3, -0.25) is 4.79 Å². The molecule has 0 aliphatic rings. The van der Waals surface area contributed by atoms with Crippen LogP contribution >= 0.6 is 0 Å². The van der Waals surface area contributed by atoms with Gasteiger partial charge in [0.15, 0.2) is 0 Å². The molecule has 0 fully saturated rings. The summed E-state index contributed by atoms with van der Waals surface area (Å²) in [6.45, 7) is 2.21. The van der Waals surface area contributed by atoms with Crippen LogP contribution in [0, 0.1) is 0 Å². The fraction of sp³-hybridized carbons (Fsp3) is 0.391. The standard InChI is InChI=1S/C23H28O6/c1-17(11-20(9-10-24)28-16-18-7-5-4-6-8-18)29-23(25)14-19-12-21(26-2)15-22(13-19)27-3/h4-8,10,12-13,15,17,20H,9,11,14,16H2,1-3H3/t17-,20+/m1/s1. The molecule has 0 amide bonds. The Hall–Kier alpha value is -2.86. The molecule has 2 aromatic rings. The first-order valence-electron chi connectivity index (χ1n) is 9.54. The van der Waals surface area contributed by atoms with E-state index in [0.29, 0.717) is 24.5 Å². The number of esters is 1. The number of aldehydes is 1. The van der Waals surface area contributed by atoms with Gasteiger partial charge in [-0.15, -0.1) is 0 Å². The molecule has 0 N–H and O–H groups in total. The van der Waals surface area contributed by atoms with Gasteiger partial charge in [-0.05, 0) is 30.2 Å². The lowest BCUT2D eigenvalue weighted by molar-refractivity contribution is -0.149. The number of hydrogen-bond acceptors (Lipinski definition) is 6. The zero-order chi connectivity index (χ0) is 21.1. The summed E-state index contributed by atoms with van der Waals surface area (Å²) >= 11 is 0. The lowest BCUT2D eigenvalue weighted by atomic mass is 10.1. The molecule has 2 atom stereocenters. The third kappa shape index (κ3) is 7.95. The summed E-state index contributed by atoms with van der Waals surface area (Å²) in [5.74, 6) is 0.863. The quantitative estimate of drug-likeness (QED) is 0.399. The zero-order valence-corrected chi connectivity index (χ0v) is 17.1. The predicted octanol–water partition coefficient (Wildman–Crippen LogP) is 3.74. The molecule has 0 heterocycles. The second-order valence-corrected chi connectivity index (χ2v) is 6.75. The molecule has 0 aliphatic heterocycles. The minimum atomic E-state index is -0.379. The summed E-state index contributed by atoms with van der Waals surface area (Å²) in [6.07, 6.45) is 0.928. The average Bonchev–Trinajstić information content (AvgIpc) is 2.72. The van der Waals surface area contributed by atoms with Crippen LogP contribution in [0.2, 0.25) is 0 Å². The molecular formula is C23H28O6. The van der Waals surface area contributed by atoms with Crippen molar-refractivity contribution in [2.75, 3.05) is 14.2 Å². The molecule has 0 radical (unpaired) electrons. The molecule has 29 heavy (non-hydrogen) atoms. The van der Waals surface area contributed by atoms with Crippen LogP contribution in [0.1, 0.15) is 30.9 Å². The number of methoxy groups -OCH3 is 2. The van der Waals surface area contributed by atoms with Crippen molar-refractivity contribution in [1.29, 1.82) is 0 Å². The Morgan fingerprint density at radius 3 is 2.24 bits per heavy atom. The van der Waals surface area contributed by atoms with Crippen molar-refractivity contribution in [1.82, 2.24) is 0 Å². The number of ether oxygens (including phenoxy) is 4. The van der Waals surface area contributed by atoms with Gasteiger partial charge in [0.2, 0.25) is 0 Å². The third-order valence-electron chi connectivity index (χ3n) is 4.37. The number of carbonyl (C=O) groups excluding carboxylic acids is 2. The second kappa shape index (κ2) is 11.9. The van der Waals surface area contributed by atoms with Crippen LogP contribution in [0.15, 0.2) is 48.5 Å². The third-order valence-corrected chi connectivity index (χ3v) is 4.37. The van der Waals surface area contributed by atoms with E-state index in [1.807, 2.05) is 30.3 Å². The summed E-state index contributed by atoms with van der Waals surface area (Å²) in [6, 6.07) is 15.0. The minimum absolute atomic E-state index is 0.0983. The summed E-state index contributed by atoms with van der Waals surface area (Å²) in [7, 11) is 3.11. The fourth-order valence-corrected chi connectivity index (χ4v) is 2.95. The largest absolute Gasteiger partial charge is 0.497 e. The molecule has 0 spiro atoms. The molecule has 6 nitrogen and oxygen atoms in total. The van der Waals surface area contributed by atoms with Crippen molar-refractivity contribution >= 4 is 12.3 Å². The molecular weight excluding hydrogens is 372 g/mol. The molecule has 0 saturated carbocycles. The first-order valence-corrected chi connectivity index (χ1v) is 9.54. The van der Waals surface area contributed by atoms with Crippen LogP contribution in [-0.4, -0.2) is 38.7 Å². The smallest absolute Gasteiger partial charge is 0.310 e. The number of benzene rings is 2. The first-order chi connectivity index (χ1) is 14.0. The van der Waals surface area contributed by atoms with Crippen molar-refractivity contribution in [2.45, 2.75) is 45.0 Å². The van der Waals surface area contributed by atoms with E-state index >= 15 is 0 Å². The van der Waals surface area contributed by atoms with E-state index < -0.39 is 0 Å². The number of hydrogen-bond donors (Lipinski definition) is 0. The van der Waals surface area contributed by atoms with Crippen LogP contribution in [0.25, 0.3) is 0 Å². The normalized spacial score (nSPS) is 12.7. The maximum atomic E-state index is 12.3. The molecule has 0 bridgehead atoms. The second-order valence-electron chi connectivity index (χ2n) is 6.75. The van der Waals surface area contributed by atoms with Gasteiger partial charge in [-0.25, -0.2) is 0 Å². The predicted molar refractivity (Wildman–Crippen MR) is 109 cm³/mol. The maximum Gasteiger partial charge on any atom is 0.310 e. The van der Waals surface area contributed by atoms with Crippen LogP contribution in [0.4, 0.5) is 0 Å². The van der Waals surface area contributed by atoms with Crippen LogP contribution < -0.4 is 9.47 Å². The van der Waals surface area contributed by atoms with E-state index in [4.69, 9.17) is 18.9 Å². The van der Waals surface area contributed by atoms with Crippen LogP contribution in [0.5, 0.6) is 11.5 Å². The summed E-state index contributed by atoms with van der Waals surface area (Å²) in [4.78, 5) is 23.3. The zero-order valence-electron chi connectivity index (χ0n) is 17.1. The van der Waals surface area contributed by atoms with Crippen molar-refractivity contribution in [2.24, 2.45) is 0 Å². The van der Waals surface area contributed by atoms with E-state index in [1.54, 1.807) is 39.3 Å². The minimum Gasteiger partial charge on any atom is -0.497 e. The van der Waals surface area contributed by atoms with E-state index in [0.717, 1.165) is 17.4 Å². The number of carbonyl (C=O) groups is 2. The Labute approximate surface area is 171 Å². The van der Waals surface area contributed by atoms with Gasteiger partial charge in [0.25, 0.3) is 0 Å². The Balaban J connectivity index is 1.87. The summed E-state index contributed by atoms with van der Waals surface area (Å²) in [5, 5.41) is 0. The topological polar surface area (TPSA) is 71.1 Å². The molecule has 6 heteroatoms. The van der Waals surface area contributed by atoms with Gasteiger partial charge in [0.1, 0.15) is 23.9 Å². The Morgan fingerprint density at radius 1 is 1.00 bits per heavy atom. The van der Waals surface area contributed by atoms with Gasteiger partial charge in [-0.2, -0.15) is 0 Å². The van der Waals surface area contributed by atoms with Gasteiger partial charge >= 0.3 is 5.97 Å². The van der Waals surface area contributed by atoms with E-state index in [1.165, 1.54) is 0 Å². The summed E-state index contributed by atoms with van der Waals surface area (Å²) < 4.78 is 21.8. The van der Waals surface area contributed by atoms with Gasteiger partial charge < -0.3 is 23.7 Å². The van der Waals surface area contributed by atoms with E-state index in [-0.39, 0.29) is 31.0 Å². The molecule has 0 aromatic heterocycles. The van der Waals surface area contributed by atoms with Crippen LogP contribution in [0.3, 0.4) is 0 Å². The van der Waals surface area contributed by atoms with Crippen molar-refractivity contribution in [3.05, 3.63) is 59.7 Å². The molecule has 0 saturated heterocycles. The van der Waals surface area contributed by atoms with Gasteiger partial charge in [-0.1, -0.05) is 30.3 Å². The average molecular weight is 400 g/mol. The maximum absolute atomic E-state index is 12.3. The van der Waals surface area contributed by atoms with E-state index in [9.17, 15) is 9.59 Å². The lowest BCUT2D eigenvalue weighted by Crippen LogP contribution is -2.24. The molecule has 0 aliphatic carbocycles. The van der Waals surface area contributed by atoms with Crippen molar-refractivity contribution in [3.8, 4) is 11.5 Å². The highest BCUT2D eigenvalue weighted by atomic mass is 16.5. The Bertz CT molecular complexity index is 752. The highest BCUT2D eigenvalue weighted by Gasteiger charge is 2.18. The summed E-state index contributed by atoms with van der Waals surface area (Å²) in [5.41, 5.74) is 1.77. The molecule has 2 rings (SSSR count). The van der Waals surface area contributed by atoms with Gasteiger partial charge in [0, 0.05) is 18.9 Å². The monoisotopic (exact) mass is 400 g/mol. The first kappa shape index (κ1) is 22.4. The molecule has 156 valence electrons. The van der Waals surface area contributed by atoms with Gasteiger partial charge in [0.05, 0.1) is 33.4 Å². The van der Waals surface area contributed by atoms with Crippen molar-refractivity contribution < 1.29 is 28.5 Å². The van der Waals surface area contributed by atoms with Crippen LogP contribution in [-0.2, 0) is 32.1 Å². The Kier molecular flexibility index (Phi) is 9.18. The van der Waals surface area contributed by atoms with E-state index in [2.05, 4.69) is 0 Å². The molecule has 0 unspecified atom stereocenters.